The van der Waals surface area contributed by atoms with E-state index >= 15 is 4.39 Å². The average Bonchev–Trinajstić information content (AvgIpc) is 3.75. The summed E-state index contributed by atoms with van der Waals surface area (Å²) in [7, 11) is 0. The molecule has 0 saturated carbocycles. The summed E-state index contributed by atoms with van der Waals surface area (Å²) in [6, 6.07) is 23.3. The zero-order valence-corrected chi connectivity index (χ0v) is 26.4. The number of nitrogens with one attached hydrogen (secondary N) is 1. The van der Waals surface area contributed by atoms with E-state index in [-0.39, 0.29) is 22.8 Å². The fourth-order valence-corrected chi connectivity index (χ4v) is 8.93. The first-order valence-electron chi connectivity index (χ1n) is 16.5. The number of halogens is 2. The number of fused-ring (bicyclic) bond motifs is 5. The molecule has 7 nitrogen and oxygen atoms in total. The Morgan fingerprint density at radius 3 is 2.59 bits per heavy atom. The molecule has 234 valence electrons. The highest BCUT2D eigenvalue weighted by atomic mass is 35.5. The molecule has 4 saturated heterocycles. The number of benzene rings is 3. The summed E-state index contributed by atoms with van der Waals surface area (Å²) in [6.07, 6.45) is 7.24. The Balaban J connectivity index is 1.12. The van der Waals surface area contributed by atoms with Crippen molar-refractivity contribution in [2.75, 3.05) is 37.7 Å². The molecule has 9 rings (SSSR count). The number of nitrogens with zero attached hydrogens (tertiary/aromatic N) is 5. The van der Waals surface area contributed by atoms with Gasteiger partial charge in [0.2, 0.25) is 0 Å². The van der Waals surface area contributed by atoms with Crippen LogP contribution in [0.25, 0.3) is 32.9 Å². The third-order valence-corrected chi connectivity index (χ3v) is 11.1. The Morgan fingerprint density at radius 1 is 0.957 bits per heavy atom. The quantitative estimate of drug-likeness (QED) is 0.216. The fraction of sp³-hybridized carbons (Fsp3) is 0.378. The molecule has 2 aromatic heterocycles. The lowest BCUT2D eigenvalue weighted by Crippen LogP contribution is -2.51. The third-order valence-electron chi connectivity index (χ3n) is 10.8. The zero-order valence-electron chi connectivity index (χ0n) is 25.6. The summed E-state index contributed by atoms with van der Waals surface area (Å²) in [4.78, 5) is 19.3. The fourth-order valence-electron chi connectivity index (χ4n) is 8.65. The summed E-state index contributed by atoms with van der Waals surface area (Å²) in [5.41, 5.74) is 2.40. The number of ether oxygens (including phenoxy) is 1. The summed E-state index contributed by atoms with van der Waals surface area (Å²) >= 11 is 6.65. The van der Waals surface area contributed by atoms with Crippen LogP contribution in [0.2, 0.25) is 5.02 Å². The molecule has 4 atom stereocenters. The van der Waals surface area contributed by atoms with Gasteiger partial charge in [-0.25, -0.2) is 4.39 Å². The molecule has 3 aromatic carbocycles. The van der Waals surface area contributed by atoms with Gasteiger partial charge in [0.15, 0.2) is 5.82 Å². The highest BCUT2D eigenvalue weighted by Gasteiger charge is 2.49. The van der Waals surface area contributed by atoms with Gasteiger partial charge in [-0.3, -0.25) is 9.88 Å². The maximum Gasteiger partial charge on any atom is 0.319 e. The highest BCUT2D eigenvalue weighted by Crippen LogP contribution is 2.46. The van der Waals surface area contributed by atoms with Gasteiger partial charge < -0.3 is 15.0 Å². The van der Waals surface area contributed by atoms with Crippen molar-refractivity contribution >= 4 is 39.1 Å². The van der Waals surface area contributed by atoms with Gasteiger partial charge >= 0.3 is 6.01 Å². The minimum Gasteiger partial charge on any atom is -0.461 e. The Bertz CT molecular complexity index is 1940. The first-order valence-corrected chi connectivity index (χ1v) is 16.9. The summed E-state index contributed by atoms with van der Waals surface area (Å²) < 4.78 is 23.4. The molecule has 1 N–H and O–H groups in total. The van der Waals surface area contributed by atoms with E-state index in [2.05, 4.69) is 45.4 Å². The van der Waals surface area contributed by atoms with E-state index in [1.54, 1.807) is 6.20 Å². The van der Waals surface area contributed by atoms with Gasteiger partial charge in [-0.1, -0.05) is 72.3 Å². The Morgan fingerprint density at radius 2 is 1.76 bits per heavy atom. The number of rotatable bonds is 6. The normalized spacial score (nSPS) is 25.9. The van der Waals surface area contributed by atoms with Crippen LogP contribution in [-0.4, -0.2) is 70.3 Å². The molecule has 0 aliphatic carbocycles. The largest absolute Gasteiger partial charge is 0.461 e. The van der Waals surface area contributed by atoms with Gasteiger partial charge in [0.05, 0.1) is 10.9 Å². The number of hydrogen-bond donors (Lipinski definition) is 1. The number of aromatic nitrogens is 3. The van der Waals surface area contributed by atoms with Crippen LogP contribution in [0.4, 0.5) is 10.2 Å². The maximum atomic E-state index is 16.8. The lowest BCUT2D eigenvalue weighted by molar-refractivity contribution is 0.108. The van der Waals surface area contributed by atoms with Crippen LogP contribution in [0.3, 0.4) is 0 Å². The lowest BCUT2D eigenvalue weighted by Gasteiger charge is -2.34. The first-order chi connectivity index (χ1) is 22.5. The van der Waals surface area contributed by atoms with Crippen molar-refractivity contribution in [3.8, 4) is 17.3 Å². The maximum absolute atomic E-state index is 16.8. The van der Waals surface area contributed by atoms with E-state index in [9.17, 15) is 0 Å². The molecule has 4 aliphatic heterocycles. The monoisotopic (exact) mass is 634 g/mol. The van der Waals surface area contributed by atoms with E-state index < -0.39 is 5.82 Å². The zero-order chi connectivity index (χ0) is 30.8. The molecular weight excluding hydrogens is 599 g/mol. The van der Waals surface area contributed by atoms with Crippen molar-refractivity contribution in [2.45, 2.75) is 55.6 Å². The number of pyridine rings is 1. The molecule has 4 unspecified atom stereocenters. The summed E-state index contributed by atoms with van der Waals surface area (Å²) in [5.74, 6) is 0.678. The minimum absolute atomic E-state index is 0.0746. The van der Waals surface area contributed by atoms with Crippen LogP contribution in [0.1, 0.15) is 43.6 Å². The summed E-state index contributed by atoms with van der Waals surface area (Å²) in [5, 5.41) is 6.57. The van der Waals surface area contributed by atoms with Crippen LogP contribution in [0.15, 0.2) is 72.9 Å². The van der Waals surface area contributed by atoms with Crippen LogP contribution >= 0.6 is 11.6 Å². The smallest absolute Gasteiger partial charge is 0.319 e. The van der Waals surface area contributed by atoms with Crippen LogP contribution in [0, 0.1) is 5.82 Å². The van der Waals surface area contributed by atoms with Crippen molar-refractivity contribution in [1.29, 1.82) is 0 Å². The highest BCUT2D eigenvalue weighted by molar-refractivity contribution is 6.36. The number of anilines is 1. The SMILES string of the molecule is Fc1c(-c2cccc3cccc(Cl)c23)ncc2c(N3CC4CCC(C3)N4)nc(OCC34CCCN3CC(c3ccccc3)C4)nc12. The van der Waals surface area contributed by atoms with Crippen LogP contribution in [0.5, 0.6) is 6.01 Å². The van der Waals surface area contributed by atoms with Crippen molar-refractivity contribution < 1.29 is 9.13 Å². The number of hydrogen-bond acceptors (Lipinski definition) is 7. The minimum atomic E-state index is -0.484. The molecule has 0 spiro atoms. The molecule has 0 amide bonds. The number of piperazine rings is 1. The first kappa shape index (κ1) is 28.4. The molecule has 0 radical (unpaired) electrons. The van der Waals surface area contributed by atoms with Crippen LogP contribution in [-0.2, 0) is 0 Å². The van der Waals surface area contributed by atoms with E-state index in [0.29, 0.717) is 46.4 Å². The van der Waals surface area contributed by atoms with Crippen molar-refractivity contribution in [2.24, 2.45) is 0 Å². The van der Waals surface area contributed by atoms with Gasteiger partial charge in [0.1, 0.15) is 23.6 Å². The standard InChI is InChI=1S/C37H36ClFN6O/c38-30-12-5-10-24-9-4-11-28(31(24)30)33-32(39)34-29(18-40-33)35(44-20-26-13-14-27(21-44)41-26)43-36(42-34)46-22-37-15-6-16-45(37)19-25(17-37)23-7-2-1-3-8-23/h1-5,7-12,18,25-27,41H,6,13-17,19-22H2. The van der Waals surface area contributed by atoms with Crippen molar-refractivity contribution in [1.82, 2.24) is 25.2 Å². The van der Waals surface area contributed by atoms with E-state index in [1.165, 1.54) is 5.56 Å². The van der Waals surface area contributed by atoms with Gasteiger partial charge in [-0.05, 0) is 61.6 Å². The lowest BCUT2D eigenvalue weighted by atomic mass is 9.87. The van der Waals surface area contributed by atoms with E-state index in [1.807, 2.05) is 36.4 Å². The van der Waals surface area contributed by atoms with E-state index in [4.69, 9.17) is 31.3 Å². The second kappa shape index (κ2) is 11.1. The van der Waals surface area contributed by atoms with Crippen LogP contribution < -0.4 is 15.0 Å². The molecule has 9 heteroatoms. The third kappa shape index (κ3) is 4.72. The predicted molar refractivity (Wildman–Crippen MR) is 180 cm³/mol. The Kier molecular flexibility index (Phi) is 6.88. The van der Waals surface area contributed by atoms with E-state index in [0.717, 1.165) is 69.1 Å². The topological polar surface area (TPSA) is 66.4 Å². The molecule has 4 aliphatic rings. The predicted octanol–water partition coefficient (Wildman–Crippen LogP) is 6.98. The Labute approximate surface area is 272 Å². The molecule has 5 aromatic rings. The molecule has 6 heterocycles. The van der Waals surface area contributed by atoms with Gasteiger partial charge in [-0.2, -0.15) is 9.97 Å². The van der Waals surface area contributed by atoms with Gasteiger partial charge in [0, 0.05) is 53.9 Å². The second-order valence-electron chi connectivity index (χ2n) is 13.6. The second-order valence-corrected chi connectivity index (χ2v) is 14.0. The van der Waals surface area contributed by atoms with Gasteiger partial charge in [0.25, 0.3) is 0 Å². The summed E-state index contributed by atoms with van der Waals surface area (Å²) in [6.45, 7) is 4.18. The Hall–Kier alpha value is -3.85. The van der Waals surface area contributed by atoms with Crippen molar-refractivity contribution in [3.63, 3.8) is 0 Å². The van der Waals surface area contributed by atoms with Crippen molar-refractivity contribution in [3.05, 3.63) is 89.3 Å². The molecular formula is C37H36ClFN6O. The van der Waals surface area contributed by atoms with Gasteiger partial charge in [-0.15, -0.1) is 0 Å². The molecule has 4 fully saturated rings. The molecule has 2 bridgehead atoms. The average molecular weight is 635 g/mol. The molecule has 46 heavy (non-hydrogen) atoms.